The van der Waals surface area contributed by atoms with E-state index in [0.717, 1.165) is 29.2 Å². The number of fused-ring (bicyclic) bond motifs is 3. The summed E-state index contributed by atoms with van der Waals surface area (Å²) < 4.78 is 26.9. The van der Waals surface area contributed by atoms with Gasteiger partial charge in [0, 0.05) is 26.7 Å². The molecule has 0 spiro atoms. The first-order chi connectivity index (χ1) is 19.5. The highest BCUT2D eigenvalue weighted by Crippen LogP contribution is 2.44. The quantitative estimate of drug-likeness (QED) is 0.342. The molecule has 4 rings (SSSR count). The van der Waals surface area contributed by atoms with E-state index in [9.17, 15) is 24.0 Å². The maximum absolute atomic E-state index is 13.0. The van der Waals surface area contributed by atoms with Crippen molar-refractivity contribution in [1.29, 1.82) is 0 Å². The summed E-state index contributed by atoms with van der Waals surface area (Å²) in [7, 11) is 0. The lowest BCUT2D eigenvalue weighted by Gasteiger charge is -2.23. The van der Waals surface area contributed by atoms with Crippen molar-refractivity contribution in [3.63, 3.8) is 0 Å². The summed E-state index contributed by atoms with van der Waals surface area (Å²) in [5.74, 6) is -2.10. The number of nitrogens with one attached hydrogen (secondary N) is 1. The van der Waals surface area contributed by atoms with E-state index in [0.29, 0.717) is 11.8 Å². The smallest absolute Gasteiger partial charge is 0.407 e. The van der Waals surface area contributed by atoms with Gasteiger partial charge in [-0.25, -0.2) is 4.79 Å². The maximum Gasteiger partial charge on any atom is 0.407 e. The first-order valence-corrected chi connectivity index (χ1v) is 13.9. The van der Waals surface area contributed by atoms with Crippen molar-refractivity contribution < 1.29 is 47.7 Å². The molecule has 41 heavy (non-hydrogen) atoms. The lowest BCUT2D eigenvalue weighted by atomic mass is 9.98. The number of hydrogen-bond donors (Lipinski definition) is 1. The first kappa shape index (κ1) is 30.1. The molecule has 2 aromatic rings. The maximum atomic E-state index is 13.0. The third kappa shape index (κ3) is 7.25. The molecule has 0 bridgehead atoms. The Labute approximate surface area is 241 Å². The van der Waals surface area contributed by atoms with Crippen molar-refractivity contribution in [2.75, 3.05) is 13.2 Å². The third-order valence-corrected chi connectivity index (χ3v) is 7.78. The van der Waals surface area contributed by atoms with Gasteiger partial charge in [-0.3, -0.25) is 19.2 Å². The van der Waals surface area contributed by atoms with Crippen LogP contribution in [0.4, 0.5) is 4.79 Å². The topological polar surface area (TPSA) is 144 Å². The monoisotopic (exact) mass is 585 g/mol. The number of hydrogen-bond acceptors (Lipinski definition) is 11. The van der Waals surface area contributed by atoms with Gasteiger partial charge in [0.15, 0.2) is 17.6 Å². The molecule has 0 unspecified atom stereocenters. The summed E-state index contributed by atoms with van der Waals surface area (Å²) in [5.41, 5.74) is 3.21. The SMILES string of the molecule is CC(=O)OC[C@H]1O[C@@H](SC(=O)[C@@H](C)NC(=O)OCC2c3ccccc3-c3ccccc32)[C@H](OC(C)=O)[C@H]1OC(C)=O. The summed E-state index contributed by atoms with van der Waals surface area (Å²) in [6.07, 6.45) is -4.04. The fourth-order valence-electron chi connectivity index (χ4n) is 4.86. The molecule has 1 aliphatic carbocycles. The summed E-state index contributed by atoms with van der Waals surface area (Å²) in [4.78, 5) is 60.5. The number of carbonyl (C=O) groups is 5. The number of carbonyl (C=O) groups excluding carboxylic acids is 5. The summed E-state index contributed by atoms with van der Waals surface area (Å²) >= 11 is 0.661. The number of benzene rings is 2. The number of thioether (sulfide) groups is 1. The second-order valence-corrected chi connectivity index (χ2v) is 10.7. The number of amides is 1. The van der Waals surface area contributed by atoms with Crippen molar-refractivity contribution in [3.8, 4) is 11.1 Å². The van der Waals surface area contributed by atoms with Crippen LogP contribution in [0, 0.1) is 0 Å². The molecule has 1 amide bonds. The molecular formula is C29H31NO10S. The Morgan fingerprint density at radius 1 is 0.805 bits per heavy atom. The van der Waals surface area contributed by atoms with Crippen LogP contribution in [-0.2, 0) is 42.9 Å². The largest absolute Gasteiger partial charge is 0.463 e. The number of rotatable bonds is 9. The van der Waals surface area contributed by atoms with Gasteiger partial charge in [0.25, 0.3) is 0 Å². The summed E-state index contributed by atoms with van der Waals surface area (Å²) in [6.45, 7) is 4.80. The van der Waals surface area contributed by atoms with Crippen molar-refractivity contribution in [2.24, 2.45) is 0 Å². The molecular weight excluding hydrogens is 554 g/mol. The predicted octanol–water partition coefficient (Wildman–Crippen LogP) is 3.32. The summed E-state index contributed by atoms with van der Waals surface area (Å²) in [5, 5.41) is 2.01. The van der Waals surface area contributed by atoms with Gasteiger partial charge in [-0.05, 0) is 29.2 Å². The van der Waals surface area contributed by atoms with Crippen LogP contribution in [0.3, 0.4) is 0 Å². The van der Waals surface area contributed by atoms with Gasteiger partial charge in [0.2, 0.25) is 5.12 Å². The van der Waals surface area contributed by atoms with Crippen LogP contribution < -0.4 is 5.32 Å². The van der Waals surface area contributed by atoms with Crippen LogP contribution in [0.15, 0.2) is 48.5 Å². The second kappa shape index (κ2) is 13.2. The highest BCUT2D eigenvalue weighted by molar-refractivity contribution is 8.14. The Kier molecular flexibility index (Phi) is 9.66. The molecule has 11 nitrogen and oxygen atoms in total. The molecule has 218 valence electrons. The Hall–Kier alpha value is -3.90. The Bertz CT molecular complexity index is 1280. The summed E-state index contributed by atoms with van der Waals surface area (Å²) in [6, 6.07) is 14.9. The molecule has 5 atom stereocenters. The van der Waals surface area contributed by atoms with Gasteiger partial charge in [0.1, 0.15) is 19.3 Å². The minimum atomic E-state index is -1.16. The average Bonchev–Trinajstić information content (AvgIpc) is 3.40. The molecule has 1 aliphatic heterocycles. The normalized spacial score (nSPS) is 21.7. The lowest BCUT2D eigenvalue weighted by molar-refractivity contribution is -0.165. The fourth-order valence-corrected chi connectivity index (χ4v) is 5.90. The molecule has 1 N–H and O–H groups in total. The van der Waals surface area contributed by atoms with Crippen LogP contribution in [0.5, 0.6) is 0 Å². The van der Waals surface area contributed by atoms with E-state index in [1.54, 1.807) is 0 Å². The van der Waals surface area contributed by atoms with Gasteiger partial charge in [0.05, 0.1) is 6.04 Å². The standard InChI is InChI=1S/C29H31NO10S/c1-15(30-29(35)37-13-23-21-11-7-5-9-19(21)20-10-6-8-12-22(20)23)27(34)41-28-26(39-18(4)33)25(38-17(3)32)24(40-28)14-36-16(2)31/h5-12,15,23-26,28H,13-14H2,1-4H3,(H,30,35)/t15-,24-,25+,26-,28+/m1/s1. The van der Waals surface area contributed by atoms with Gasteiger partial charge in [-0.15, -0.1) is 0 Å². The number of esters is 3. The molecule has 1 saturated heterocycles. The number of ether oxygens (including phenoxy) is 5. The lowest BCUT2D eigenvalue weighted by Crippen LogP contribution is -2.42. The molecule has 12 heteroatoms. The molecule has 1 fully saturated rings. The zero-order valence-corrected chi connectivity index (χ0v) is 23.8. The molecule has 0 saturated carbocycles. The van der Waals surface area contributed by atoms with E-state index >= 15 is 0 Å². The predicted molar refractivity (Wildman–Crippen MR) is 147 cm³/mol. The van der Waals surface area contributed by atoms with Crippen molar-refractivity contribution in [2.45, 2.75) is 63.4 Å². The third-order valence-electron chi connectivity index (χ3n) is 6.59. The van der Waals surface area contributed by atoms with Crippen LogP contribution in [0.2, 0.25) is 0 Å². The highest BCUT2D eigenvalue weighted by Gasteiger charge is 2.51. The van der Waals surface area contributed by atoms with E-state index in [1.807, 2.05) is 48.5 Å². The van der Waals surface area contributed by atoms with Crippen molar-refractivity contribution >= 4 is 40.9 Å². The highest BCUT2D eigenvalue weighted by atomic mass is 32.2. The van der Waals surface area contributed by atoms with Gasteiger partial charge in [-0.1, -0.05) is 60.3 Å². The van der Waals surface area contributed by atoms with E-state index in [1.165, 1.54) is 20.8 Å². The minimum absolute atomic E-state index is 0.0794. The van der Waals surface area contributed by atoms with E-state index in [-0.39, 0.29) is 19.1 Å². The fraction of sp³-hybridized carbons (Fsp3) is 0.414. The Morgan fingerprint density at radius 3 is 1.93 bits per heavy atom. The van der Waals surface area contributed by atoms with Crippen molar-refractivity contribution in [1.82, 2.24) is 5.32 Å². The zero-order chi connectivity index (χ0) is 29.7. The molecule has 2 aliphatic rings. The number of alkyl carbamates (subject to hydrolysis) is 1. The zero-order valence-electron chi connectivity index (χ0n) is 23.0. The van der Waals surface area contributed by atoms with Crippen LogP contribution in [0.25, 0.3) is 11.1 Å². The van der Waals surface area contributed by atoms with Gasteiger partial charge >= 0.3 is 24.0 Å². The molecule has 0 radical (unpaired) electrons. The molecule has 2 aromatic carbocycles. The van der Waals surface area contributed by atoms with Crippen LogP contribution >= 0.6 is 11.8 Å². The van der Waals surface area contributed by atoms with Crippen LogP contribution in [-0.4, -0.2) is 72.1 Å². The van der Waals surface area contributed by atoms with E-state index < -0.39 is 58.9 Å². The van der Waals surface area contributed by atoms with E-state index in [2.05, 4.69) is 5.32 Å². The molecule has 0 aromatic heterocycles. The van der Waals surface area contributed by atoms with Gasteiger partial charge in [-0.2, -0.15) is 0 Å². The van der Waals surface area contributed by atoms with Crippen molar-refractivity contribution in [3.05, 3.63) is 59.7 Å². The minimum Gasteiger partial charge on any atom is -0.463 e. The average molecular weight is 586 g/mol. The second-order valence-electron chi connectivity index (χ2n) is 9.62. The first-order valence-electron chi connectivity index (χ1n) is 13.0. The van der Waals surface area contributed by atoms with E-state index in [4.69, 9.17) is 23.7 Å². The Balaban J connectivity index is 1.37. The Morgan fingerprint density at radius 2 is 1.37 bits per heavy atom. The van der Waals surface area contributed by atoms with Crippen LogP contribution in [0.1, 0.15) is 44.7 Å². The molecule has 1 heterocycles. The van der Waals surface area contributed by atoms with Gasteiger partial charge < -0.3 is 29.0 Å².